The van der Waals surface area contributed by atoms with Gasteiger partial charge in [-0.15, -0.1) is 0 Å². The second-order valence-corrected chi connectivity index (χ2v) is 4.52. The molecule has 1 aromatic heterocycles. The number of carbonyl (C=O) groups is 1. The molecule has 0 aliphatic carbocycles. The predicted octanol–water partition coefficient (Wildman–Crippen LogP) is 2.06. The van der Waals surface area contributed by atoms with Crippen LogP contribution in [0.25, 0.3) is 0 Å². The zero-order chi connectivity index (χ0) is 15.2. The van der Waals surface area contributed by atoms with Crippen LogP contribution in [0.1, 0.15) is 17.2 Å². The maximum atomic E-state index is 12.2. The Labute approximate surface area is 120 Å². The Bertz CT molecular complexity index is 587. The first kappa shape index (κ1) is 15.1. The predicted molar refractivity (Wildman–Crippen MR) is 71.9 cm³/mol. The van der Waals surface area contributed by atoms with E-state index >= 15 is 0 Å². The molecular weight excluding hydrogens is 280 g/mol. The molecule has 7 heteroatoms. The van der Waals surface area contributed by atoms with E-state index in [9.17, 15) is 18.7 Å². The van der Waals surface area contributed by atoms with Crippen molar-refractivity contribution in [2.24, 2.45) is 0 Å². The number of carboxylic acids is 1. The average Bonchev–Trinajstić information content (AvgIpc) is 2.86. The number of hydrogen-bond donors (Lipinski definition) is 2. The van der Waals surface area contributed by atoms with E-state index in [1.807, 2.05) is 0 Å². The van der Waals surface area contributed by atoms with E-state index in [1.165, 1.54) is 12.4 Å². The second kappa shape index (κ2) is 6.94. The normalized spacial score (nSPS) is 12.5. The topological polar surface area (TPSA) is 67.2 Å². The summed E-state index contributed by atoms with van der Waals surface area (Å²) < 4.78 is 25.6. The van der Waals surface area contributed by atoms with Gasteiger partial charge in [0.15, 0.2) is 0 Å². The van der Waals surface area contributed by atoms with Crippen LogP contribution in [-0.4, -0.2) is 27.3 Å². The molecule has 0 unspecified atom stereocenters. The highest BCUT2D eigenvalue weighted by Gasteiger charge is 2.18. The van der Waals surface area contributed by atoms with E-state index in [-0.39, 0.29) is 6.54 Å². The van der Waals surface area contributed by atoms with E-state index in [0.717, 1.165) is 4.68 Å². The minimum Gasteiger partial charge on any atom is -0.480 e. The Kier molecular flexibility index (Phi) is 4.99. The van der Waals surface area contributed by atoms with Gasteiger partial charge in [-0.05, 0) is 5.56 Å². The third-order valence-electron chi connectivity index (χ3n) is 2.90. The van der Waals surface area contributed by atoms with Crippen LogP contribution in [0.3, 0.4) is 0 Å². The Morgan fingerprint density at radius 3 is 2.67 bits per heavy atom. The highest BCUT2D eigenvalue weighted by molar-refractivity contribution is 5.75. The number of halogens is 2. The second-order valence-electron chi connectivity index (χ2n) is 4.52. The lowest BCUT2D eigenvalue weighted by molar-refractivity contribution is -0.139. The zero-order valence-corrected chi connectivity index (χ0v) is 11.1. The number of rotatable bonds is 7. The molecule has 0 radical (unpaired) electrons. The number of alkyl halides is 2. The van der Waals surface area contributed by atoms with Gasteiger partial charge < -0.3 is 5.11 Å². The summed E-state index contributed by atoms with van der Waals surface area (Å²) in [5.41, 5.74) is 1.28. The van der Waals surface area contributed by atoms with Gasteiger partial charge in [0.2, 0.25) is 0 Å². The van der Waals surface area contributed by atoms with Crippen molar-refractivity contribution in [2.75, 3.05) is 0 Å². The van der Waals surface area contributed by atoms with Gasteiger partial charge in [0.25, 0.3) is 6.43 Å². The minimum atomic E-state index is -2.47. The molecule has 5 nitrogen and oxygen atoms in total. The van der Waals surface area contributed by atoms with Crippen LogP contribution in [0.5, 0.6) is 0 Å². The first-order valence-corrected chi connectivity index (χ1v) is 6.37. The standard InChI is InChI=1S/C14H15F2N3O2/c15-12(16)9-19-8-10(7-18-19)6-17-13(14(20)21)11-4-2-1-3-5-11/h1-5,7-8,12-13,17H,6,9H2,(H,20,21)/t13-/m1/s1. The van der Waals surface area contributed by atoms with Crippen molar-refractivity contribution in [3.63, 3.8) is 0 Å². The summed E-state index contributed by atoms with van der Waals surface area (Å²) in [6, 6.07) is 7.89. The molecule has 1 atom stereocenters. The quantitative estimate of drug-likeness (QED) is 0.820. The Hall–Kier alpha value is -2.28. The van der Waals surface area contributed by atoms with Gasteiger partial charge in [0, 0.05) is 18.3 Å². The van der Waals surface area contributed by atoms with E-state index in [0.29, 0.717) is 11.1 Å². The van der Waals surface area contributed by atoms with Crippen molar-refractivity contribution in [1.82, 2.24) is 15.1 Å². The summed E-state index contributed by atoms with van der Waals surface area (Å²) in [6.07, 6.45) is 0.448. The molecule has 0 aliphatic heterocycles. The lowest BCUT2D eigenvalue weighted by atomic mass is 10.1. The summed E-state index contributed by atoms with van der Waals surface area (Å²) in [4.78, 5) is 11.3. The lowest BCUT2D eigenvalue weighted by Gasteiger charge is -2.14. The van der Waals surface area contributed by atoms with E-state index in [1.54, 1.807) is 30.3 Å². The molecule has 1 heterocycles. The fraction of sp³-hybridized carbons (Fsp3) is 0.286. The van der Waals surface area contributed by atoms with Crippen molar-refractivity contribution >= 4 is 5.97 Å². The first-order chi connectivity index (χ1) is 10.1. The highest BCUT2D eigenvalue weighted by atomic mass is 19.3. The van der Waals surface area contributed by atoms with Gasteiger partial charge in [-0.1, -0.05) is 30.3 Å². The molecule has 0 aliphatic rings. The molecule has 0 spiro atoms. The summed E-state index contributed by atoms with van der Waals surface area (Å²) in [7, 11) is 0. The molecule has 0 bridgehead atoms. The third-order valence-corrected chi connectivity index (χ3v) is 2.90. The summed E-state index contributed by atoms with van der Waals surface area (Å²) >= 11 is 0. The van der Waals surface area contributed by atoms with E-state index in [4.69, 9.17) is 0 Å². The largest absolute Gasteiger partial charge is 0.480 e. The molecule has 21 heavy (non-hydrogen) atoms. The van der Waals surface area contributed by atoms with Crippen molar-refractivity contribution in [3.05, 3.63) is 53.9 Å². The van der Waals surface area contributed by atoms with Gasteiger partial charge in [-0.25, -0.2) is 8.78 Å². The average molecular weight is 295 g/mol. The number of nitrogens with one attached hydrogen (secondary N) is 1. The van der Waals surface area contributed by atoms with Gasteiger partial charge >= 0.3 is 5.97 Å². The number of aliphatic carboxylic acids is 1. The van der Waals surface area contributed by atoms with Gasteiger partial charge in [-0.3, -0.25) is 14.8 Å². The number of benzene rings is 1. The maximum Gasteiger partial charge on any atom is 0.325 e. The smallest absolute Gasteiger partial charge is 0.325 e. The monoisotopic (exact) mass is 295 g/mol. The number of hydrogen-bond acceptors (Lipinski definition) is 3. The van der Waals surface area contributed by atoms with Crippen molar-refractivity contribution in [3.8, 4) is 0 Å². The summed E-state index contributed by atoms with van der Waals surface area (Å²) in [6.45, 7) is -0.240. The van der Waals surface area contributed by atoms with Crippen LogP contribution in [0.4, 0.5) is 8.78 Å². The Balaban J connectivity index is 1.99. The molecule has 1 aromatic carbocycles. The molecule has 0 fully saturated rings. The molecule has 0 saturated heterocycles. The van der Waals surface area contributed by atoms with Crippen LogP contribution in [-0.2, 0) is 17.9 Å². The van der Waals surface area contributed by atoms with Crippen molar-refractivity contribution < 1.29 is 18.7 Å². The third kappa shape index (κ3) is 4.35. The molecule has 2 aromatic rings. The summed E-state index contributed by atoms with van der Waals surface area (Å²) in [5, 5.41) is 15.9. The van der Waals surface area contributed by atoms with Crippen LogP contribution in [0.2, 0.25) is 0 Å². The first-order valence-electron chi connectivity index (χ1n) is 6.37. The molecule has 112 valence electrons. The molecule has 2 rings (SSSR count). The number of aromatic nitrogens is 2. The maximum absolute atomic E-state index is 12.2. The van der Waals surface area contributed by atoms with Crippen LogP contribution >= 0.6 is 0 Å². The zero-order valence-electron chi connectivity index (χ0n) is 11.1. The Morgan fingerprint density at radius 2 is 2.05 bits per heavy atom. The minimum absolute atomic E-state index is 0.231. The van der Waals surface area contributed by atoms with Crippen molar-refractivity contribution in [2.45, 2.75) is 25.6 Å². The fourth-order valence-corrected chi connectivity index (χ4v) is 1.95. The van der Waals surface area contributed by atoms with E-state index in [2.05, 4.69) is 10.4 Å². The van der Waals surface area contributed by atoms with Gasteiger partial charge in [-0.2, -0.15) is 5.10 Å². The van der Waals surface area contributed by atoms with Gasteiger partial charge in [0.1, 0.15) is 12.6 Å². The highest BCUT2D eigenvalue weighted by Crippen LogP contribution is 2.13. The lowest BCUT2D eigenvalue weighted by Crippen LogP contribution is -2.27. The molecule has 2 N–H and O–H groups in total. The van der Waals surface area contributed by atoms with Crippen LogP contribution in [0, 0.1) is 0 Å². The van der Waals surface area contributed by atoms with E-state index < -0.39 is 25.0 Å². The summed E-state index contributed by atoms with van der Waals surface area (Å²) in [5.74, 6) is -0.999. The Morgan fingerprint density at radius 1 is 1.33 bits per heavy atom. The molecule has 0 amide bonds. The SMILES string of the molecule is O=C(O)[C@H](NCc1cnn(CC(F)F)c1)c1ccccc1. The number of carboxylic acid groups (broad SMARTS) is 1. The molecule has 0 saturated carbocycles. The van der Waals surface area contributed by atoms with Crippen LogP contribution < -0.4 is 5.32 Å². The fourth-order valence-electron chi connectivity index (χ4n) is 1.95. The van der Waals surface area contributed by atoms with Gasteiger partial charge in [0.05, 0.1) is 6.20 Å². The van der Waals surface area contributed by atoms with Crippen LogP contribution in [0.15, 0.2) is 42.7 Å². The van der Waals surface area contributed by atoms with Crippen molar-refractivity contribution in [1.29, 1.82) is 0 Å². The number of nitrogens with zero attached hydrogens (tertiary/aromatic N) is 2. The molecular formula is C14H15F2N3O2.